The van der Waals surface area contributed by atoms with E-state index in [1.165, 1.54) is 6.42 Å². The summed E-state index contributed by atoms with van der Waals surface area (Å²) in [5, 5.41) is 8.51. The number of ether oxygens (including phenoxy) is 1. The Bertz CT molecular complexity index is 349. The van der Waals surface area contributed by atoms with E-state index in [4.69, 9.17) is 9.84 Å². The van der Waals surface area contributed by atoms with E-state index < -0.39 is 5.97 Å². The van der Waals surface area contributed by atoms with Crippen molar-refractivity contribution in [3.05, 3.63) is 36.5 Å². The monoisotopic (exact) mass is 340 g/mol. The van der Waals surface area contributed by atoms with Crippen LogP contribution < -0.4 is 0 Å². The third-order valence-electron chi connectivity index (χ3n) is 2.98. The summed E-state index contributed by atoms with van der Waals surface area (Å²) < 4.78 is 5.36. The highest BCUT2D eigenvalue weighted by molar-refractivity contribution is 7.99. The summed E-state index contributed by atoms with van der Waals surface area (Å²) in [7, 11) is 0. The quantitative estimate of drug-likeness (QED) is 0.308. The maximum Gasteiger partial charge on any atom is 0.304 e. The van der Waals surface area contributed by atoms with Gasteiger partial charge in [0.05, 0.1) is 13.0 Å². The molecule has 23 heavy (non-hydrogen) atoms. The van der Waals surface area contributed by atoms with Crippen LogP contribution in [0.1, 0.15) is 51.9 Å². The molecular weight excluding hydrogens is 308 g/mol. The highest BCUT2D eigenvalue weighted by Gasteiger charge is 1.95. The smallest absolute Gasteiger partial charge is 0.304 e. The number of carboxylic acids is 1. The van der Waals surface area contributed by atoms with E-state index in [-0.39, 0.29) is 6.42 Å². The second-order valence-corrected chi connectivity index (χ2v) is 6.44. The third-order valence-corrected chi connectivity index (χ3v) is 4.05. The second kappa shape index (κ2) is 19.0. The molecule has 0 rings (SSSR count). The topological polar surface area (TPSA) is 46.5 Å². The van der Waals surface area contributed by atoms with Gasteiger partial charge >= 0.3 is 5.97 Å². The largest absolute Gasteiger partial charge is 0.481 e. The van der Waals surface area contributed by atoms with Crippen LogP contribution >= 0.6 is 11.8 Å². The Morgan fingerprint density at radius 3 is 2.39 bits per heavy atom. The lowest BCUT2D eigenvalue weighted by atomic mass is 10.2. The number of thioether (sulfide) groups is 1. The van der Waals surface area contributed by atoms with Gasteiger partial charge in [-0.15, -0.1) is 0 Å². The van der Waals surface area contributed by atoms with Gasteiger partial charge in [-0.1, -0.05) is 43.4 Å². The van der Waals surface area contributed by atoms with Crippen molar-refractivity contribution in [2.45, 2.75) is 51.9 Å². The zero-order valence-corrected chi connectivity index (χ0v) is 15.2. The molecule has 4 heteroatoms. The maximum absolute atomic E-state index is 10.3. The van der Waals surface area contributed by atoms with Gasteiger partial charge in [0.25, 0.3) is 0 Å². The molecule has 0 aromatic rings. The molecule has 0 atom stereocenters. The minimum atomic E-state index is -0.700. The first kappa shape index (κ1) is 22.0. The Labute approximate surface area is 145 Å². The lowest BCUT2D eigenvalue weighted by Crippen LogP contribution is -1.96. The molecule has 0 bridgehead atoms. The fourth-order valence-electron chi connectivity index (χ4n) is 1.75. The molecule has 0 spiro atoms. The lowest BCUT2D eigenvalue weighted by molar-refractivity contribution is -0.136. The Morgan fingerprint density at radius 1 is 1.00 bits per heavy atom. The van der Waals surface area contributed by atoms with Crippen molar-refractivity contribution in [3.63, 3.8) is 0 Å². The van der Waals surface area contributed by atoms with E-state index >= 15 is 0 Å². The van der Waals surface area contributed by atoms with Crippen LogP contribution in [0.25, 0.3) is 0 Å². The number of allylic oxidation sites excluding steroid dienone is 5. The van der Waals surface area contributed by atoms with Gasteiger partial charge < -0.3 is 9.84 Å². The van der Waals surface area contributed by atoms with Gasteiger partial charge in [0.2, 0.25) is 0 Å². The molecule has 0 radical (unpaired) electrons. The fourth-order valence-corrected chi connectivity index (χ4v) is 2.68. The molecule has 0 saturated carbocycles. The number of hydrogen-bond donors (Lipinski definition) is 1. The zero-order valence-electron chi connectivity index (χ0n) is 14.4. The van der Waals surface area contributed by atoms with Gasteiger partial charge in [-0.3, -0.25) is 4.79 Å². The van der Waals surface area contributed by atoms with E-state index in [0.717, 1.165) is 56.8 Å². The van der Waals surface area contributed by atoms with Gasteiger partial charge in [0, 0.05) is 12.4 Å². The molecule has 0 saturated heterocycles. The average molecular weight is 341 g/mol. The molecule has 0 aliphatic rings. The van der Waals surface area contributed by atoms with Crippen LogP contribution in [0, 0.1) is 0 Å². The van der Waals surface area contributed by atoms with Crippen LogP contribution in [0.4, 0.5) is 0 Å². The van der Waals surface area contributed by atoms with Gasteiger partial charge in [-0.2, -0.15) is 11.8 Å². The average Bonchev–Trinajstić information content (AvgIpc) is 2.53. The lowest BCUT2D eigenvalue weighted by Gasteiger charge is -1.98. The summed E-state index contributed by atoms with van der Waals surface area (Å²) in [5.74, 6) is 1.10. The van der Waals surface area contributed by atoms with Crippen molar-refractivity contribution in [2.24, 2.45) is 0 Å². The standard InChI is InChI=1S/C19H32O3S/c1-2-15-22-16-12-10-8-6-4-3-5-7-9-11-13-17-23-18-14-19(20)21/h4-7,10,12H,2-3,8-9,11,13-18H2,1H3,(H,20,21)/b6-4+,7-5+,12-10+. The summed E-state index contributed by atoms with van der Waals surface area (Å²) in [4.78, 5) is 10.3. The number of carbonyl (C=O) groups is 1. The molecule has 3 nitrogen and oxygen atoms in total. The highest BCUT2D eigenvalue weighted by atomic mass is 32.2. The number of rotatable bonds is 16. The van der Waals surface area contributed by atoms with Crippen molar-refractivity contribution in [3.8, 4) is 0 Å². The van der Waals surface area contributed by atoms with Gasteiger partial charge in [0.1, 0.15) is 0 Å². The van der Waals surface area contributed by atoms with Crippen LogP contribution in [0.3, 0.4) is 0 Å². The molecule has 0 heterocycles. The summed E-state index contributed by atoms with van der Waals surface area (Å²) in [6, 6.07) is 0. The van der Waals surface area contributed by atoms with Gasteiger partial charge in [-0.25, -0.2) is 0 Å². The molecule has 0 fully saturated rings. The number of carboxylic acid groups (broad SMARTS) is 1. The third kappa shape index (κ3) is 21.0. The van der Waals surface area contributed by atoms with Crippen molar-refractivity contribution >= 4 is 17.7 Å². The minimum absolute atomic E-state index is 0.276. The molecular formula is C19H32O3S. The SMILES string of the molecule is CCCOC/C=C/C/C=C/C/C=C/CCCCSCCC(=O)O. The Balaban J connectivity index is 3.27. The van der Waals surface area contributed by atoms with Crippen LogP contribution in [-0.2, 0) is 9.53 Å². The Kier molecular flexibility index (Phi) is 18.2. The van der Waals surface area contributed by atoms with Crippen molar-refractivity contribution in [2.75, 3.05) is 24.7 Å². The van der Waals surface area contributed by atoms with E-state index in [2.05, 4.69) is 43.4 Å². The van der Waals surface area contributed by atoms with Crippen LogP contribution in [0.15, 0.2) is 36.5 Å². The summed E-state index contributed by atoms with van der Waals surface area (Å²) in [6.45, 7) is 3.67. The number of aliphatic carboxylic acids is 1. The maximum atomic E-state index is 10.3. The zero-order chi connectivity index (χ0) is 17.0. The molecule has 0 aliphatic heterocycles. The first-order chi connectivity index (χ1) is 11.3. The number of hydrogen-bond acceptors (Lipinski definition) is 3. The molecule has 132 valence electrons. The van der Waals surface area contributed by atoms with Crippen molar-refractivity contribution < 1.29 is 14.6 Å². The molecule has 0 aromatic heterocycles. The van der Waals surface area contributed by atoms with Crippen LogP contribution in [0.2, 0.25) is 0 Å². The summed E-state index contributed by atoms with van der Waals surface area (Å²) in [5.41, 5.74) is 0. The highest BCUT2D eigenvalue weighted by Crippen LogP contribution is 2.08. The van der Waals surface area contributed by atoms with Crippen molar-refractivity contribution in [1.29, 1.82) is 0 Å². The molecule has 0 unspecified atom stereocenters. The van der Waals surface area contributed by atoms with Crippen molar-refractivity contribution in [1.82, 2.24) is 0 Å². The van der Waals surface area contributed by atoms with Crippen LogP contribution in [0.5, 0.6) is 0 Å². The second-order valence-electron chi connectivity index (χ2n) is 5.21. The van der Waals surface area contributed by atoms with Gasteiger partial charge in [0.15, 0.2) is 0 Å². The van der Waals surface area contributed by atoms with Gasteiger partial charge in [-0.05, 0) is 44.3 Å². The predicted octanol–water partition coefficient (Wildman–Crippen LogP) is 5.24. The van der Waals surface area contributed by atoms with E-state index in [1.54, 1.807) is 11.8 Å². The minimum Gasteiger partial charge on any atom is -0.481 e. The normalized spacial score (nSPS) is 12.0. The molecule has 0 aliphatic carbocycles. The summed E-state index contributed by atoms with van der Waals surface area (Å²) >= 11 is 1.74. The van der Waals surface area contributed by atoms with E-state index in [1.807, 2.05) is 0 Å². The van der Waals surface area contributed by atoms with E-state index in [0.29, 0.717) is 0 Å². The molecule has 0 aromatic carbocycles. The Hall–Kier alpha value is -1.00. The Morgan fingerprint density at radius 2 is 1.70 bits per heavy atom. The first-order valence-electron chi connectivity index (χ1n) is 8.59. The predicted molar refractivity (Wildman–Crippen MR) is 101 cm³/mol. The fraction of sp³-hybridized carbons (Fsp3) is 0.632. The molecule has 1 N–H and O–H groups in total. The first-order valence-corrected chi connectivity index (χ1v) is 9.75. The number of unbranched alkanes of at least 4 members (excludes halogenated alkanes) is 2. The van der Waals surface area contributed by atoms with E-state index in [9.17, 15) is 4.79 Å². The van der Waals surface area contributed by atoms with Crippen LogP contribution in [-0.4, -0.2) is 35.8 Å². The molecule has 0 amide bonds. The summed E-state index contributed by atoms with van der Waals surface area (Å²) in [6.07, 6.45) is 19.8.